The fourth-order valence-corrected chi connectivity index (χ4v) is 4.21. The second kappa shape index (κ2) is 7.15. The van der Waals surface area contributed by atoms with Crippen molar-refractivity contribution in [2.24, 2.45) is 5.73 Å². The Balaban J connectivity index is 2.17. The molecule has 2 N–H and O–H groups in total. The molecule has 1 saturated carbocycles. The summed E-state index contributed by atoms with van der Waals surface area (Å²) < 4.78 is 1.76. The second-order valence-electron chi connectivity index (χ2n) is 6.19. The molecule has 1 atom stereocenters. The van der Waals surface area contributed by atoms with Crippen molar-refractivity contribution in [2.45, 2.75) is 55.5 Å². The highest BCUT2D eigenvalue weighted by Gasteiger charge is 2.24. The third-order valence-corrected chi connectivity index (χ3v) is 5.77. The average molecular weight is 366 g/mol. The largest absolute Gasteiger partial charge is 0.369 e. The molecule has 1 aromatic heterocycles. The molecular weight excluding hydrogens is 346 g/mol. The van der Waals surface area contributed by atoms with E-state index in [1.807, 2.05) is 0 Å². The van der Waals surface area contributed by atoms with E-state index < -0.39 is 11.2 Å². The summed E-state index contributed by atoms with van der Waals surface area (Å²) in [5.41, 5.74) is 5.88. The van der Waals surface area contributed by atoms with E-state index in [-0.39, 0.29) is 11.6 Å². The Kier molecular flexibility index (Phi) is 5.15. The highest BCUT2D eigenvalue weighted by molar-refractivity contribution is 8.00. The molecular formula is C17H20ClN3O2S. The Morgan fingerprint density at radius 2 is 2.08 bits per heavy atom. The summed E-state index contributed by atoms with van der Waals surface area (Å²) in [6.45, 7) is 1.73. The minimum absolute atomic E-state index is 0.0669. The normalized spacial score (nSPS) is 17.1. The number of fused-ring (bicyclic) bond motifs is 1. The third-order valence-electron chi connectivity index (χ3n) is 4.45. The van der Waals surface area contributed by atoms with Gasteiger partial charge in [0.05, 0.1) is 16.2 Å². The van der Waals surface area contributed by atoms with Gasteiger partial charge in [0.15, 0.2) is 5.16 Å². The molecule has 3 rings (SSSR count). The summed E-state index contributed by atoms with van der Waals surface area (Å²) >= 11 is 7.28. The molecule has 7 heteroatoms. The Morgan fingerprint density at radius 3 is 2.75 bits per heavy atom. The van der Waals surface area contributed by atoms with Gasteiger partial charge in [0.25, 0.3) is 5.56 Å². The Morgan fingerprint density at radius 1 is 1.38 bits per heavy atom. The number of thioether (sulfide) groups is 1. The molecule has 128 valence electrons. The van der Waals surface area contributed by atoms with Crippen molar-refractivity contribution in [1.29, 1.82) is 0 Å². The number of hydrogen-bond donors (Lipinski definition) is 1. The van der Waals surface area contributed by atoms with E-state index in [2.05, 4.69) is 4.98 Å². The molecule has 0 radical (unpaired) electrons. The molecule has 0 spiro atoms. The first-order valence-corrected chi connectivity index (χ1v) is 9.41. The number of aromatic nitrogens is 2. The first kappa shape index (κ1) is 17.3. The summed E-state index contributed by atoms with van der Waals surface area (Å²) in [5.74, 6) is -0.421. The van der Waals surface area contributed by atoms with Crippen LogP contribution in [0.5, 0.6) is 0 Å². The monoisotopic (exact) mass is 365 g/mol. The van der Waals surface area contributed by atoms with Crippen molar-refractivity contribution in [3.8, 4) is 0 Å². The van der Waals surface area contributed by atoms with E-state index in [0.717, 1.165) is 25.7 Å². The first-order chi connectivity index (χ1) is 11.5. The van der Waals surface area contributed by atoms with Gasteiger partial charge in [-0.2, -0.15) is 0 Å². The lowest BCUT2D eigenvalue weighted by Crippen LogP contribution is -2.30. The van der Waals surface area contributed by atoms with E-state index in [0.29, 0.717) is 21.1 Å². The molecule has 1 aliphatic carbocycles. The molecule has 1 aromatic carbocycles. The summed E-state index contributed by atoms with van der Waals surface area (Å²) in [7, 11) is 0. The number of hydrogen-bond acceptors (Lipinski definition) is 4. The summed E-state index contributed by atoms with van der Waals surface area (Å²) in [5, 5.41) is 1.18. The maximum Gasteiger partial charge on any atom is 0.262 e. The standard InChI is InChI=1S/C17H20ClN3O2S/c1-10(15(19)22)24-17-20-14-9-11(18)7-8-13(14)16(23)21(17)12-5-3-2-4-6-12/h7-10,12H,2-6H2,1H3,(H2,19,22)/t10-/m0/s1. The van der Waals surface area contributed by atoms with Gasteiger partial charge < -0.3 is 5.73 Å². The third kappa shape index (κ3) is 3.44. The van der Waals surface area contributed by atoms with Crippen LogP contribution in [0.1, 0.15) is 45.1 Å². The van der Waals surface area contributed by atoms with Gasteiger partial charge in [-0.15, -0.1) is 0 Å². The summed E-state index contributed by atoms with van der Waals surface area (Å²) in [4.78, 5) is 29.1. The van der Waals surface area contributed by atoms with E-state index in [1.54, 1.807) is 29.7 Å². The van der Waals surface area contributed by atoms with Crippen LogP contribution < -0.4 is 11.3 Å². The van der Waals surface area contributed by atoms with Gasteiger partial charge in [0, 0.05) is 11.1 Å². The van der Waals surface area contributed by atoms with Crippen molar-refractivity contribution in [3.63, 3.8) is 0 Å². The number of halogens is 1. The fraction of sp³-hybridized carbons (Fsp3) is 0.471. The number of nitrogens with zero attached hydrogens (tertiary/aromatic N) is 2. The maximum atomic E-state index is 13.1. The number of benzene rings is 1. The molecule has 24 heavy (non-hydrogen) atoms. The zero-order chi connectivity index (χ0) is 17.3. The predicted octanol–water partition coefficient (Wildman–Crippen LogP) is 3.52. The van der Waals surface area contributed by atoms with E-state index in [1.165, 1.54) is 18.2 Å². The van der Waals surface area contributed by atoms with Crippen LogP contribution in [0.25, 0.3) is 10.9 Å². The molecule has 0 bridgehead atoms. The molecule has 0 aliphatic heterocycles. The minimum Gasteiger partial charge on any atom is -0.369 e. The fourth-order valence-electron chi connectivity index (χ4n) is 3.11. The van der Waals surface area contributed by atoms with Crippen molar-refractivity contribution in [3.05, 3.63) is 33.6 Å². The van der Waals surface area contributed by atoms with Crippen LogP contribution >= 0.6 is 23.4 Å². The average Bonchev–Trinajstić information content (AvgIpc) is 2.55. The second-order valence-corrected chi connectivity index (χ2v) is 7.93. The number of carbonyl (C=O) groups excluding carboxylic acids is 1. The highest BCUT2D eigenvalue weighted by Crippen LogP contribution is 2.32. The van der Waals surface area contributed by atoms with Gasteiger partial charge in [-0.05, 0) is 38.0 Å². The van der Waals surface area contributed by atoms with Gasteiger partial charge in [-0.3, -0.25) is 14.2 Å². The van der Waals surface area contributed by atoms with Gasteiger partial charge in [-0.1, -0.05) is 42.6 Å². The molecule has 0 unspecified atom stereocenters. The van der Waals surface area contributed by atoms with Crippen LogP contribution in [0.4, 0.5) is 0 Å². The van der Waals surface area contributed by atoms with Crippen molar-refractivity contribution >= 4 is 40.2 Å². The van der Waals surface area contributed by atoms with Gasteiger partial charge in [-0.25, -0.2) is 4.98 Å². The SMILES string of the molecule is C[C@H](Sc1nc2cc(Cl)ccc2c(=O)n1C1CCCCC1)C(N)=O. The zero-order valence-corrected chi connectivity index (χ0v) is 15.1. The lowest BCUT2D eigenvalue weighted by molar-refractivity contribution is -0.117. The Bertz CT molecular complexity index is 830. The molecule has 1 fully saturated rings. The van der Waals surface area contributed by atoms with E-state index in [9.17, 15) is 9.59 Å². The summed E-state index contributed by atoms with van der Waals surface area (Å²) in [6.07, 6.45) is 5.32. The minimum atomic E-state index is -0.455. The van der Waals surface area contributed by atoms with Crippen LogP contribution in [0.15, 0.2) is 28.2 Å². The maximum absolute atomic E-state index is 13.1. The molecule has 1 amide bonds. The number of carbonyl (C=O) groups is 1. The molecule has 2 aromatic rings. The van der Waals surface area contributed by atoms with Gasteiger partial charge >= 0.3 is 0 Å². The number of rotatable bonds is 4. The predicted molar refractivity (Wildman–Crippen MR) is 97.6 cm³/mol. The Hall–Kier alpha value is -1.53. The van der Waals surface area contributed by atoms with Crippen LogP contribution in [0, 0.1) is 0 Å². The van der Waals surface area contributed by atoms with Crippen molar-refractivity contribution in [2.75, 3.05) is 0 Å². The van der Waals surface area contributed by atoms with Gasteiger partial charge in [0.2, 0.25) is 5.91 Å². The zero-order valence-electron chi connectivity index (χ0n) is 13.5. The quantitative estimate of drug-likeness (QED) is 0.664. The topological polar surface area (TPSA) is 78.0 Å². The lowest BCUT2D eigenvalue weighted by Gasteiger charge is -2.26. The summed E-state index contributed by atoms with van der Waals surface area (Å²) in [6, 6.07) is 5.24. The van der Waals surface area contributed by atoms with Crippen LogP contribution in [-0.4, -0.2) is 20.7 Å². The van der Waals surface area contributed by atoms with Crippen LogP contribution in [0.3, 0.4) is 0 Å². The smallest absolute Gasteiger partial charge is 0.262 e. The van der Waals surface area contributed by atoms with E-state index >= 15 is 0 Å². The number of nitrogens with two attached hydrogens (primary N) is 1. The highest BCUT2D eigenvalue weighted by atomic mass is 35.5. The lowest BCUT2D eigenvalue weighted by atomic mass is 9.95. The molecule has 0 saturated heterocycles. The molecule has 5 nitrogen and oxygen atoms in total. The van der Waals surface area contributed by atoms with Crippen molar-refractivity contribution < 1.29 is 4.79 Å². The Labute approximate surface area is 149 Å². The first-order valence-electron chi connectivity index (χ1n) is 8.15. The molecule has 1 heterocycles. The number of primary amides is 1. The number of amides is 1. The van der Waals surface area contributed by atoms with Gasteiger partial charge in [0.1, 0.15) is 0 Å². The van der Waals surface area contributed by atoms with Crippen LogP contribution in [0.2, 0.25) is 5.02 Å². The van der Waals surface area contributed by atoms with Crippen LogP contribution in [-0.2, 0) is 4.79 Å². The van der Waals surface area contributed by atoms with Crippen molar-refractivity contribution in [1.82, 2.24) is 9.55 Å². The van der Waals surface area contributed by atoms with E-state index in [4.69, 9.17) is 17.3 Å². The molecule has 1 aliphatic rings.